The first-order chi connectivity index (χ1) is 18.5. The number of hydrogen-bond acceptors (Lipinski definition) is 6. The molecule has 1 saturated heterocycles. The Morgan fingerprint density at radius 3 is 2.26 bits per heavy atom. The minimum atomic E-state index is -0.657. The van der Waals surface area contributed by atoms with Crippen LogP contribution in [0.3, 0.4) is 0 Å². The highest BCUT2D eigenvalue weighted by Gasteiger charge is 2.36. The number of carbonyl (C=O) groups excluding carboxylic acids is 3. The molecule has 8 nitrogen and oxygen atoms in total. The van der Waals surface area contributed by atoms with Crippen molar-refractivity contribution in [2.45, 2.75) is 12.8 Å². The van der Waals surface area contributed by atoms with Crippen LogP contribution in [0.2, 0.25) is 0 Å². The van der Waals surface area contributed by atoms with Crippen molar-refractivity contribution in [3.63, 3.8) is 0 Å². The molecule has 2 aliphatic rings. The molecule has 0 radical (unpaired) electrons. The van der Waals surface area contributed by atoms with Gasteiger partial charge < -0.3 is 19.9 Å². The van der Waals surface area contributed by atoms with E-state index in [9.17, 15) is 14.4 Å². The van der Waals surface area contributed by atoms with Gasteiger partial charge in [0.1, 0.15) is 5.92 Å². The number of ether oxygens (including phenoxy) is 1. The number of likely N-dealkylation sites (N-methyl/N-ethyl adjacent to an activating group) is 1. The number of amides is 2. The number of aliphatic imine (C=N–C) groups is 1. The second-order valence-electron chi connectivity index (χ2n) is 9.35. The van der Waals surface area contributed by atoms with Crippen molar-refractivity contribution >= 4 is 34.9 Å². The number of hydrogen-bond donors (Lipinski definition) is 1. The molecule has 1 atom stereocenters. The Morgan fingerprint density at radius 1 is 0.921 bits per heavy atom. The highest BCUT2D eigenvalue weighted by atomic mass is 16.5. The molecule has 2 amide bonds. The number of esters is 1. The van der Waals surface area contributed by atoms with E-state index in [1.807, 2.05) is 47.4 Å². The molecule has 0 saturated carbocycles. The summed E-state index contributed by atoms with van der Waals surface area (Å²) in [5, 5.41) is 2.89. The topological polar surface area (TPSA) is 91.3 Å². The Balaban J connectivity index is 1.45. The molecular formula is C30H30N4O4. The monoisotopic (exact) mass is 510 g/mol. The molecule has 8 heteroatoms. The van der Waals surface area contributed by atoms with Gasteiger partial charge in [0.05, 0.1) is 24.1 Å². The quantitative estimate of drug-likeness (QED) is 0.398. The van der Waals surface area contributed by atoms with E-state index in [0.717, 1.165) is 43.9 Å². The predicted molar refractivity (Wildman–Crippen MR) is 146 cm³/mol. The van der Waals surface area contributed by atoms with Crippen LogP contribution in [0.1, 0.15) is 44.7 Å². The summed E-state index contributed by atoms with van der Waals surface area (Å²) in [4.78, 5) is 47.3. The maximum absolute atomic E-state index is 13.2. The van der Waals surface area contributed by atoms with E-state index < -0.39 is 11.9 Å². The van der Waals surface area contributed by atoms with E-state index in [4.69, 9.17) is 9.73 Å². The first kappa shape index (κ1) is 25.4. The molecule has 0 spiro atoms. The van der Waals surface area contributed by atoms with Gasteiger partial charge in [-0.05, 0) is 54.1 Å². The minimum absolute atomic E-state index is 0.0186. The van der Waals surface area contributed by atoms with Crippen molar-refractivity contribution in [1.29, 1.82) is 0 Å². The van der Waals surface area contributed by atoms with Crippen LogP contribution in [-0.2, 0) is 9.53 Å². The molecule has 38 heavy (non-hydrogen) atoms. The SMILES string of the molecule is CCN1CCN(C(=O)c2ccc(N=C(c3ccccc3)C3C(=O)Nc4cc(C(=O)OC)ccc43)cc2)CC1. The normalized spacial score (nSPS) is 17.6. The van der Waals surface area contributed by atoms with E-state index in [1.54, 1.807) is 30.3 Å². The summed E-state index contributed by atoms with van der Waals surface area (Å²) < 4.78 is 4.82. The average Bonchev–Trinajstić information content (AvgIpc) is 3.30. The Hall–Kier alpha value is -4.30. The van der Waals surface area contributed by atoms with Crippen LogP contribution in [0, 0.1) is 0 Å². The number of anilines is 1. The van der Waals surface area contributed by atoms with Crippen LogP contribution >= 0.6 is 0 Å². The molecule has 0 aliphatic carbocycles. The number of benzene rings is 3. The van der Waals surface area contributed by atoms with Gasteiger partial charge in [0.2, 0.25) is 5.91 Å². The van der Waals surface area contributed by atoms with Gasteiger partial charge in [-0.2, -0.15) is 0 Å². The molecule has 3 aromatic rings. The van der Waals surface area contributed by atoms with Gasteiger partial charge in [0.15, 0.2) is 0 Å². The fourth-order valence-corrected chi connectivity index (χ4v) is 4.95. The van der Waals surface area contributed by atoms with Gasteiger partial charge in [-0.25, -0.2) is 4.79 Å². The number of carbonyl (C=O) groups is 3. The van der Waals surface area contributed by atoms with Crippen LogP contribution in [0.25, 0.3) is 0 Å². The molecule has 1 unspecified atom stereocenters. The summed E-state index contributed by atoms with van der Waals surface area (Å²) in [7, 11) is 1.32. The third-order valence-electron chi connectivity index (χ3n) is 7.12. The van der Waals surface area contributed by atoms with Gasteiger partial charge in [-0.3, -0.25) is 14.6 Å². The minimum Gasteiger partial charge on any atom is -0.465 e. The second-order valence-corrected chi connectivity index (χ2v) is 9.35. The zero-order chi connectivity index (χ0) is 26.6. The van der Waals surface area contributed by atoms with Crippen molar-refractivity contribution in [2.75, 3.05) is 45.2 Å². The van der Waals surface area contributed by atoms with Gasteiger partial charge >= 0.3 is 5.97 Å². The van der Waals surface area contributed by atoms with Crippen molar-refractivity contribution in [3.8, 4) is 0 Å². The van der Waals surface area contributed by atoms with Crippen LogP contribution in [-0.4, -0.2) is 73.1 Å². The van der Waals surface area contributed by atoms with Gasteiger partial charge in [0, 0.05) is 37.4 Å². The number of fused-ring (bicyclic) bond motifs is 1. The number of piperazine rings is 1. The first-order valence-corrected chi connectivity index (χ1v) is 12.8. The summed E-state index contributed by atoms with van der Waals surface area (Å²) in [6.07, 6.45) is 0. The highest BCUT2D eigenvalue weighted by molar-refractivity contribution is 6.24. The summed E-state index contributed by atoms with van der Waals surface area (Å²) in [5.74, 6) is -1.33. The molecule has 1 fully saturated rings. The largest absolute Gasteiger partial charge is 0.465 e. The van der Waals surface area contributed by atoms with Gasteiger partial charge in [-0.1, -0.05) is 43.3 Å². The lowest BCUT2D eigenvalue weighted by Gasteiger charge is -2.34. The second kappa shape index (κ2) is 11.0. The Labute approximate surface area is 221 Å². The fraction of sp³-hybridized carbons (Fsp3) is 0.267. The fourth-order valence-electron chi connectivity index (χ4n) is 4.95. The van der Waals surface area contributed by atoms with Crippen LogP contribution in [0.15, 0.2) is 77.8 Å². The molecular weight excluding hydrogens is 480 g/mol. The smallest absolute Gasteiger partial charge is 0.337 e. The molecule has 5 rings (SSSR count). The van der Waals surface area contributed by atoms with E-state index in [2.05, 4.69) is 17.1 Å². The zero-order valence-corrected chi connectivity index (χ0v) is 21.5. The predicted octanol–water partition coefficient (Wildman–Crippen LogP) is 4.11. The molecule has 1 N–H and O–H groups in total. The van der Waals surface area contributed by atoms with Crippen molar-refractivity contribution in [1.82, 2.24) is 9.80 Å². The van der Waals surface area contributed by atoms with Gasteiger partial charge in [-0.15, -0.1) is 0 Å². The standard InChI is InChI=1S/C30H30N4O4/c1-3-33-15-17-34(18-16-33)29(36)21-9-12-23(13-10-21)31-27(20-7-5-4-6-8-20)26-24-14-11-22(30(37)38-2)19-25(24)32-28(26)35/h4-14,19,26H,3,15-18H2,1-2H3,(H,32,35). The third-order valence-corrected chi connectivity index (χ3v) is 7.12. The van der Waals surface area contributed by atoms with E-state index >= 15 is 0 Å². The lowest BCUT2D eigenvalue weighted by molar-refractivity contribution is -0.115. The summed E-state index contributed by atoms with van der Waals surface area (Å²) >= 11 is 0. The first-order valence-electron chi connectivity index (χ1n) is 12.8. The van der Waals surface area contributed by atoms with Gasteiger partial charge in [0.25, 0.3) is 5.91 Å². The molecule has 194 valence electrons. The summed E-state index contributed by atoms with van der Waals surface area (Å²) in [6, 6.07) is 21.8. The van der Waals surface area contributed by atoms with Crippen LogP contribution in [0.5, 0.6) is 0 Å². The Bertz CT molecular complexity index is 1380. The van der Waals surface area contributed by atoms with E-state index in [-0.39, 0.29) is 11.8 Å². The molecule has 0 aromatic heterocycles. The average molecular weight is 511 g/mol. The lowest BCUT2D eigenvalue weighted by Crippen LogP contribution is -2.48. The molecule has 2 heterocycles. The molecule has 0 bridgehead atoms. The molecule has 2 aliphatic heterocycles. The number of nitrogens with one attached hydrogen (secondary N) is 1. The maximum Gasteiger partial charge on any atom is 0.337 e. The lowest BCUT2D eigenvalue weighted by atomic mass is 9.90. The summed E-state index contributed by atoms with van der Waals surface area (Å²) in [6.45, 7) is 6.34. The van der Waals surface area contributed by atoms with Crippen molar-refractivity contribution < 1.29 is 19.1 Å². The zero-order valence-electron chi connectivity index (χ0n) is 21.5. The maximum atomic E-state index is 13.2. The van der Waals surface area contributed by atoms with Crippen molar-refractivity contribution in [2.24, 2.45) is 4.99 Å². The Morgan fingerprint density at radius 2 is 1.61 bits per heavy atom. The van der Waals surface area contributed by atoms with Crippen LogP contribution in [0.4, 0.5) is 11.4 Å². The number of nitrogens with zero attached hydrogens (tertiary/aromatic N) is 3. The Kier molecular flexibility index (Phi) is 7.33. The summed E-state index contributed by atoms with van der Waals surface area (Å²) in [5.41, 5.74) is 4.33. The van der Waals surface area contributed by atoms with E-state index in [0.29, 0.717) is 28.2 Å². The van der Waals surface area contributed by atoms with E-state index in [1.165, 1.54) is 7.11 Å². The highest BCUT2D eigenvalue weighted by Crippen LogP contribution is 2.37. The molecule has 3 aromatic carbocycles. The third kappa shape index (κ3) is 5.08. The van der Waals surface area contributed by atoms with Crippen LogP contribution < -0.4 is 5.32 Å². The van der Waals surface area contributed by atoms with Crippen molar-refractivity contribution in [3.05, 3.63) is 95.1 Å². The number of rotatable bonds is 6. The number of methoxy groups -OCH3 is 1.